The van der Waals surface area contributed by atoms with Crippen molar-refractivity contribution < 1.29 is 28.2 Å². The molecule has 214 valence electrons. The molecule has 4 rings (SSSR count). The fourth-order valence-electron chi connectivity index (χ4n) is 4.40. The molecule has 1 amide bonds. The molecule has 0 fully saturated rings. The quantitative estimate of drug-likeness (QED) is 0.208. The molecule has 0 aliphatic carbocycles. The number of carbonyl (C=O) groups excluding carboxylic acids is 1. The largest absolute Gasteiger partial charge is 0.480 e. The first kappa shape index (κ1) is 30.0. The molecule has 0 saturated carbocycles. The van der Waals surface area contributed by atoms with Crippen LogP contribution in [0.1, 0.15) is 39.7 Å². The molecular weight excluding hydrogens is 548 g/mol. The van der Waals surface area contributed by atoms with E-state index < -0.39 is 29.8 Å². The highest BCUT2D eigenvalue weighted by Gasteiger charge is 2.23. The zero-order chi connectivity index (χ0) is 29.4. The van der Waals surface area contributed by atoms with Gasteiger partial charge in [-0.05, 0) is 77.1 Å². The van der Waals surface area contributed by atoms with E-state index in [0.29, 0.717) is 23.3 Å². The minimum atomic E-state index is -1.11. The van der Waals surface area contributed by atoms with Crippen LogP contribution in [-0.2, 0) is 29.6 Å². The van der Waals surface area contributed by atoms with Crippen molar-refractivity contribution in [3.63, 3.8) is 0 Å². The second-order valence-electron chi connectivity index (χ2n) is 9.58. The zero-order valence-corrected chi connectivity index (χ0v) is 23.5. The monoisotopic (exact) mass is 579 g/mol. The van der Waals surface area contributed by atoms with Crippen molar-refractivity contribution in [3.8, 4) is 11.1 Å². The average Bonchev–Trinajstić information content (AvgIpc) is 3.37. The molecule has 41 heavy (non-hydrogen) atoms. The van der Waals surface area contributed by atoms with Crippen LogP contribution in [0.2, 0.25) is 0 Å². The molecule has 0 saturated heterocycles. The van der Waals surface area contributed by atoms with Gasteiger partial charge in [0, 0.05) is 30.9 Å². The number of hydrogen-bond donors (Lipinski definition) is 2. The molecule has 10 heteroatoms. The third-order valence-electron chi connectivity index (χ3n) is 6.70. The first-order chi connectivity index (χ1) is 19.7. The number of aliphatic carboxylic acids is 1. The summed E-state index contributed by atoms with van der Waals surface area (Å²) in [5.74, 6) is -1.83. The van der Waals surface area contributed by atoms with Crippen LogP contribution in [0.4, 0.5) is 8.78 Å². The van der Waals surface area contributed by atoms with Crippen LogP contribution >= 0.6 is 11.8 Å². The van der Waals surface area contributed by atoms with Crippen molar-refractivity contribution in [1.82, 2.24) is 14.9 Å². The Bertz CT molecular complexity index is 1480. The van der Waals surface area contributed by atoms with Crippen LogP contribution in [0.15, 0.2) is 79.3 Å². The molecule has 0 bridgehead atoms. The van der Waals surface area contributed by atoms with Crippen molar-refractivity contribution in [2.45, 2.75) is 31.6 Å². The number of thioether (sulfide) groups is 1. The Kier molecular flexibility index (Phi) is 10.3. The summed E-state index contributed by atoms with van der Waals surface area (Å²) in [6.07, 6.45) is 5.69. The molecule has 3 aromatic carbocycles. The number of carboxylic acids is 1. The highest BCUT2D eigenvalue weighted by molar-refractivity contribution is 7.98. The van der Waals surface area contributed by atoms with E-state index in [1.54, 1.807) is 55.0 Å². The third-order valence-corrected chi connectivity index (χ3v) is 7.35. The number of nitrogens with zero attached hydrogens (tertiary/aromatic N) is 2. The number of carboxylic acid groups (broad SMARTS) is 1. The number of benzene rings is 3. The Morgan fingerprint density at radius 3 is 2.34 bits per heavy atom. The predicted molar refractivity (Wildman–Crippen MR) is 155 cm³/mol. The second-order valence-corrected chi connectivity index (χ2v) is 10.6. The summed E-state index contributed by atoms with van der Waals surface area (Å²) in [6.45, 7) is 0.168. The molecule has 4 aromatic rings. The molecule has 1 heterocycles. The fourth-order valence-corrected chi connectivity index (χ4v) is 4.87. The number of carbonyl (C=O) groups is 2. The van der Waals surface area contributed by atoms with Gasteiger partial charge in [0.2, 0.25) is 0 Å². The van der Waals surface area contributed by atoms with E-state index in [1.807, 2.05) is 17.9 Å². The molecule has 0 radical (unpaired) electrons. The van der Waals surface area contributed by atoms with Crippen molar-refractivity contribution in [2.75, 3.05) is 12.0 Å². The SMILES string of the molecule is CSCC[C@H](NC(=O)c1ccc(COC(Cc2cncn2C)c2ccc(F)cc2)cc1-c1ccc(F)cc1)C(=O)O. The number of nitrogens with one attached hydrogen (secondary N) is 1. The molecule has 1 aromatic heterocycles. The second kappa shape index (κ2) is 14.0. The van der Waals surface area contributed by atoms with E-state index in [0.717, 1.165) is 16.8 Å². The van der Waals surface area contributed by atoms with Gasteiger partial charge in [-0.15, -0.1) is 0 Å². The van der Waals surface area contributed by atoms with E-state index in [1.165, 1.54) is 36.0 Å². The van der Waals surface area contributed by atoms with Crippen LogP contribution in [0, 0.1) is 11.6 Å². The lowest BCUT2D eigenvalue weighted by molar-refractivity contribution is -0.139. The molecule has 1 unspecified atom stereocenters. The Morgan fingerprint density at radius 2 is 1.73 bits per heavy atom. The molecule has 0 aliphatic heterocycles. The summed E-state index contributed by atoms with van der Waals surface area (Å²) in [7, 11) is 1.89. The third kappa shape index (κ3) is 8.02. The number of halogens is 2. The number of rotatable bonds is 13. The predicted octanol–water partition coefficient (Wildman–Crippen LogP) is 5.80. The number of aromatic nitrogens is 2. The van der Waals surface area contributed by atoms with Crippen LogP contribution in [0.5, 0.6) is 0 Å². The van der Waals surface area contributed by atoms with E-state index in [4.69, 9.17) is 4.74 Å². The van der Waals surface area contributed by atoms with Gasteiger partial charge in [-0.1, -0.05) is 30.3 Å². The number of imidazole rings is 1. The van der Waals surface area contributed by atoms with Gasteiger partial charge in [0.15, 0.2) is 0 Å². The van der Waals surface area contributed by atoms with Crippen LogP contribution < -0.4 is 5.32 Å². The van der Waals surface area contributed by atoms with Gasteiger partial charge in [-0.25, -0.2) is 18.6 Å². The van der Waals surface area contributed by atoms with Crippen molar-refractivity contribution >= 4 is 23.6 Å². The number of aryl methyl sites for hydroxylation is 1. The summed E-state index contributed by atoms with van der Waals surface area (Å²) in [5.41, 5.74) is 3.86. The summed E-state index contributed by atoms with van der Waals surface area (Å²) < 4.78 is 35.5. The summed E-state index contributed by atoms with van der Waals surface area (Å²) in [4.78, 5) is 29.2. The van der Waals surface area contributed by atoms with Gasteiger partial charge in [0.05, 0.1) is 19.0 Å². The highest BCUT2D eigenvalue weighted by atomic mass is 32.2. The van der Waals surface area contributed by atoms with Gasteiger partial charge in [0.25, 0.3) is 5.91 Å². The molecule has 0 spiro atoms. The van der Waals surface area contributed by atoms with E-state index >= 15 is 0 Å². The molecule has 2 atom stereocenters. The Balaban J connectivity index is 1.62. The van der Waals surface area contributed by atoms with Crippen molar-refractivity contribution in [1.29, 1.82) is 0 Å². The number of amides is 1. The van der Waals surface area contributed by atoms with E-state index in [9.17, 15) is 23.5 Å². The number of hydrogen-bond acceptors (Lipinski definition) is 5. The summed E-state index contributed by atoms with van der Waals surface area (Å²) >= 11 is 1.49. The lowest BCUT2D eigenvalue weighted by atomic mass is 9.96. The highest BCUT2D eigenvalue weighted by Crippen LogP contribution is 2.29. The maximum absolute atomic E-state index is 13.7. The normalized spacial score (nSPS) is 12.6. The van der Waals surface area contributed by atoms with Crippen molar-refractivity contribution in [2.24, 2.45) is 7.05 Å². The van der Waals surface area contributed by atoms with Gasteiger partial charge < -0.3 is 19.7 Å². The van der Waals surface area contributed by atoms with Gasteiger partial charge in [-0.2, -0.15) is 11.8 Å². The fraction of sp³-hybridized carbons (Fsp3) is 0.258. The average molecular weight is 580 g/mol. The summed E-state index contributed by atoms with van der Waals surface area (Å²) in [6, 6.07) is 16.0. The maximum atomic E-state index is 13.7. The standard InChI is InChI=1S/C31H31F2N3O4S/c1-36-19-34-17-25(36)16-29(22-6-10-24(33)11-7-22)40-18-20-3-12-26(27(15-20)21-4-8-23(32)9-5-21)30(37)35-28(31(38)39)13-14-41-2/h3-12,15,17,19,28-29H,13-14,16,18H2,1-2H3,(H,35,37)(H,38,39)/t28-,29?/m0/s1. The minimum Gasteiger partial charge on any atom is -0.480 e. The molecule has 0 aliphatic rings. The Labute approximate surface area is 241 Å². The first-order valence-electron chi connectivity index (χ1n) is 13.0. The summed E-state index contributed by atoms with van der Waals surface area (Å²) in [5, 5.41) is 12.2. The Morgan fingerprint density at radius 1 is 1.05 bits per heavy atom. The molecule has 7 nitrogen and oxygen atoms in total. The van der Waals surface area contributed by atoms with Crippen molar-refractivity contribution in [3.05, 3.63) is 113 Å². The number of ether oxygens (including phenoxy) is 1. The van der Waals surface area contributed by atoms with Crippen LogP contribution in [-0.4, -0.2) is 44.6 Å². The van der Waals surface area contributed by atoms with Crippen LogP contribution in [0.25, 0.3) is 11.1 Å². The zero-order valence-electron chi connectivity index (χ0n) is 22.7. The van der Waals surface area contributed by atoms with E-state index in [2.05, 4.69) is 10.3 Å². The van der Waals surface area contributed by atoms with Gasteiger partial charge >= 0.3 is 5.97 Å². The first-order valence-corrected chi connectivity index (χ1v) is 14.4. The van der Waals surface area contributed by atoms with Gasteiger partial charge in [0.1, 0.15) is 17.7 Å². The molecular formula is C31H31F2N3O4S. The minimum absolute atomic E-state index is 0.168. The smallest absolute Gasteiger partial charge is 0.326 e. The maximum Gasteiger partial charge on any atom is 0.326 e. The van der Waals surface area contributed by atoms with E-state index in [-0.39, 0.29) is 24.4 Å². The Hall–Kier alpha value is -4.02. The van der Waals surface area contributed by atoms with Crippen LogP contribution in [0.3, 0.4) is 0 Å². The lowest BCUT2D eigenvalue weighted by Crippen LogP contribution is -2.41. The topological polar surface area (TPSA) is 93.5 Å². The van der Waals surface area contributed by atoms with Gasteiger partial charge in [-0.3, -0.25) is 4.79 Å². The molecule has 2 N–H and O–H groups in total. The lowest BCUT2D eigenvalue weighted by Gasteiger charge is -2.20.